The monoisotopic (exact) mass is 779 g/mol. The first kappa shape index (κ1) is 36.2. The first-order chi connectivity index (χ1) is 27.1. The number of rotatable bonds is 5. The summed E-state index contributed by atoms with van der Waals surface area (Å²) in [6.45, 7) is 4.87. The highest BCUT2D eigenvalue weighted by Gasteiger charge is 2.48. The summed E-state index contributed by atoms with van der Waals surface area (Å²) >= 11 is 6.60. The maximum absolute atomic E-state index is 15.2. The summed E-state index contributed by atoms with van der Waals surface area (Å²) in [7, 11) is 0. The van der Waals surface area contributed by atoms with Crippen LogP contribution in [0.2, 0.25) is 5.02 Å². The van der Waals surface area contributed by atoms with E-state index in [0.29, 0.717) is 27.9 Å². The minimum Gasteiger partial charge on any atom is -0.370 e. The molecule has 292 valence electrons. The predicted octanol–water partition coefficient (Wildman–Crippen LogP) is 8.28. The van der Waals surface area contributed by atoms with E-state index >= 15 is 8.78 Å². The number of halogens is 3. The molecule has 1 aromatic heterocycles. The number of hydrogen-bond donors (Lipinski definition) is 1. The average molecular weight is 780 g/mol. The van der Waals surface area contributed by atoms with E-state index in [0.717, 1.165) is 95.4 Å². The van der Waals surface area contributed by atoms with Crippen LogP contribution in [0.4, 0.5) is 14.5 Å². The van der Waals surface area contributed by atoms with Crippen LogP contribution in [-0.2, 0) is 15.0 Å². The Morgan fingerprint density at radius 1 is 0.857 bits per heavy atom. The lowest BCUT2D eigenvalue weighted by Gasteiger charge is -2.55. The molecule has 3 saturated heterocycles. The van der Waals surface area contributed by atoms with E-state index < -0.39 is 29.4 Å². The largest absolute Gasteiger partial charge is 0.370 e. The molecular weight excluding hydrogens is 732 g/mol. The van der Waals surface area contributed by atoms with Gasteiger partial charge in [0.05, 0.1) is 32.9 Å². The van der Waals surface area contributed by atoms with Gasteiger partial charge in [-0.25, -0.2) is 8.78 Å². The van der Waals surface area contributed by atoms with Gasteiger partial charge in [0.15, 0.2) is 0 Å². The average Bonchev–Trinajstić information content (AvgIpc) is 3.43. The zero-order valence-corrected chi connectivity index (χ0v) is 32.5. The smallest absolute Gasteiger partial charge is 0.282 e. The van der Waals surface area contributed by atoms with Crippen molar-refractivity contribution >= 4 is 40.0 Å². The predicted molar refractivity (Wildman–Crippen MR) is 213 cm³/mol. The Labute approximate surface area is 330 Å². The van der Waals surface area contributed by atoms with Crippen LogP contribution in [-0.4, -0.2) is 59.0 Å². The lowest BCUT2D eigenvalue weighted by atomic mass is 9.65. The maximum Gasteiger partial charge on any atom is 0.282 e. The number of hydrogen-bond acceptors (Lipinski definition) is 6. The number of carbonyl (C=O) groups excluding carboxylic acids is 2. The molecule has 1 unspecified atom stereocenters. The van der Waals surface area contributed by atoms with Gasteiger partial charge in [0, 0.05) is 42.7 Å². The molecule has 0 radical (unpaired) electrons. The van der Waals surface area contributed by atoms with Crippen molar-refractivity contribution < 1.29 is 18.4 Å². The number of benzene rings is 3. The third-order valence-corrected chi connectivity index (χ3v) is 14.9. The molecular formula is C45H48ClF2N5O3. The van der Waals surface area contributed by atoms with Crippen molar-refractivity contribution in [2.75, 3.05) is 37.6 Å². The summed E-state index contributed by atoms with van der Waals surface area (Å²) in [4.78, 5) is 46.7. The normalized spacial score (nSPS) is 23.7. The molecule has 3 aromatic carbocycles. The number of piperidine rings is 2. The summed E-state index contributed by atoms with van der Waals surface area (Å²) in [6.07, 6.45) is 12.5. The van der Waals surface area contributed by atoms with Crippen LogP contribution in [0.25, 0.3) is 16.6 Å². The Hall–Kier alpha value is -4.15. The van der Waals surface area contributed by atoms with Gasteiger partial charge in [-0.3, -0.25) is 24.3 Å². The molecule has 4 aliphatic heterocycles. The third-order valence-electron chi connectivity index (χ3n) is 14.6. The second-order valence-electron chi connectivity index (χ2n) is 17.8. The Balaban J connectivity index is 0.768. The molecule has 4 aromatic rings. The molecule has 0 bridgehead atoms. The molecule has 2 spiro atoms. The second-order valence-corrected chi connectivity index (χ2v) is 18.2. The van der Waals surface area contributed by atoms with Crippen LogP contribution in [0, 0.1) is 23.0 Å². The minimum atomic E-state index is -0.981. The van der Waals surface area contributed by atoms with Crippen molar-refractivity contribution in [1.29, 1.82) is 0 Å². The van der Waals surface area contributed by atoms with Gasteiger partial charge in [-0.1, -0.05) is 49.1 Å². The summed E-state index contributed by atoms with van der Waals surface area (Å²) in [6, 6.07) is 15.6. The second kappa shape index (κ2) is 13.8. The van der Waals surface area contributed by atoms with Crippen molar-refractivity contribution in [1.82, 2.24) is 19.8 Å². The van der Waals surface area contributed by atoms with Crippen LogP contribution in [0.3, 0.4) is 0 Å². The maximum atomic E-state index is 15.2. The number of anilines is 1. The SMILES string of the molecule is O=C1CCC(c2c(F)cc(N3CC4(CCC(CN5CCC(c6ccc7c(c6)-n6c(nc(=O)c8c(Cl)cccc86)C76CCCCC6)CC5)CC4)C3)cc2F)C(=O)N1. The van der Waals surface area contributed by atoms with E-state index in [1.54, 1.807) is 6.07 Å². The standard InChI is InChI=1S/C45H48ClF2N5O3/c46-33-5-4-6-36-40(33)42(56)50-43-45(15-2-1-3-16-45)32-9-7-29(21-37(32)53(36)43)28-13-19-51(20-14-28)24-27-11-17-44(18-12-27)25-52(26-44)30-22-34(47)39(35(48)23-30)31-8-10-38(54)49-41(31)55/h4-7,9,21-23,27-28,31H,1-3,8,10-20,24-26H2,(H,49,54,55). The van der Waals surface area contributed by atoms with E-state index in [4.69, 9.17) is 16.6 Å². The Morgan fingerprint density at radius 3 is 2.30 bits per heavy atom. The van der Waals surface area contributed by atoms with E-state index in [9.17, 15) is 14.4 Å². The number of carbonyl (C=O) groups is 2. The topological polar surface area (TPSA) is 87.5 Å². The number of imide groups is 1. The first-order valence-electron chi connectivity index (χ1n) is 20.8. The van der Waals surface area contributed by atoms with Crippen LogP contribution in [0.5, 0.6) is 0 Å². The van der Waals surface area contributed by atoms with Crippen molar-refractivity contribution in [3.8, 4) is 5.69 Å². The summed E-state index contributed by atoms with van der Waals surface area (Å²) in [5.41, 5.74) is 4.75. The van der Waals surface area contributed by atoms with Crippen LogP contribution < -0.4 is 15.8 Å². The van der Waals surface area contributed by atoms with Gasteiger partial charge in [0.2, 0.25) is 11.8 Å². The fourth-order valence-electron chi connectivity index (χ4n) is 11.6. The minimum absolute atomic E-state index is 0.0783. The number of nitrogens with zero attached hydrogens (tertiary/aromatic N) is 4. The molecule has 2 aliphatic carbocycles. The van der Waals surface area contributed by atoms with Crippen LogP contribution >= 0.6 is 11.6 Å². The van der Waals surface area contributed by atoms with Gasteiger partial charge in [-0.2, -0.15) is 4.98 Å². The third kappa shape index (κ3) is 5.91. The van der Waals surface area contributed by atoms with Crippen molar-refractivity contribution in [3.63, 3.8) is 0 Å². The van der Waals surface area contributed by atoms with Crippen molar-refractivity contribution in [3.05, 3.63) is 98.1 Å². The highest BCUT2D eigenvalue weighted by molar-refractivity contribution is 6.35. The number of likely N-dealkylation sites (tertiary alicyclic amines) is 1. The molecule has 10 rings (SSSR count). The Morgan fingerprint density at radius 2 is 1.59 bits per heavy atom. The van der Waals surface area contributed by atoms with Crippen LogP contribution in [0.1, 0.15) is 118 Å². The fraction of sp³-hybridized carbons (Fsp3) is 0.511. The molecule has 2 amide bonds. The molecule has 2 saturated carbocycles. The van der Waals surface area contributed by atoms with Crippen molar-refractivity contribution in [2.45, 2.75) is 101 Å². The molecule has 56 heavy (non-hydrogen) atoms. The zero-order chi connectivity index (χ0) is 38.3. The van der Waals surface area contributed by atoms with Gasteiger partial charge in [0.1, 0.15) is 17.5 Å². The number of nitrogens with one attached hydrogen (secondary N) is 1. The fourth-order valence-corrected chi connectivity index (χ4v) is 11.8. The van der Waals surface area contributed by atoms with E-state index in [1.165, 1.54) is 48.2 Å². The summed E-state index contributed by atoms with van der Waals surface area (Å²) < 4.78 is 32.7. The van der Waals surface area contributed by atoms with Gasteiger partial charge >= 0.3 is 0 Å². The number of fused-ring (bicyclic) bond motifs is 7. The molecule has 5 fully saturated rings. The lowest BCUT2D eigenvalue weighted by molar-refractivity contribution is -0.134. The van der Waals surface area contributed by atoms with Gasteiger partial charge in [-0.15, -0.1) is 0 Å². The lowest BCUT2D eigenvalue weighted by Crippen LogP contribution is -2.58. The molecule has 5 heterocycles. The Bertz CT molecular complexity index is 2290. The molecule has 8 nitrogen and oxygen atoms in total. The molecule has 1 N–H and O–H groups in total. The quantitative estimate of drug-likeness (QED) is 0.205. The van der Waals surface area contributed by atoms with E-state index in [1.807, 2.05) is 12.1 Å². The van der Waals surface area contributed by atoms with Gasteiger partial charge < -0.3 is 9.80 Å². The highest BCUT2D eigenvalue weighted by atomic mass is 35.5. The Kier molecular flexibility index (Phi) is 8.89. The highest BCUT2D eigenvalue weighted by Crippen LogP contribution is 2.53. The number of amides is 2. The van der Waals surface area contributed by atoms with E-state index in [2.05, 4.69) is 37.9 Å². The number of aromatic nitrogens is 2. The van der Waals surface area contributed by atoms with Crippen molar-refractivity contribution in [2.24, 2.45) is 11.3 Å². The summed E-state index contributed by atoms with van der Waals surface area (Å²) in [5, 5.41) is 3.16. The zero-order valence-electron chi connectivity index (χ0n) is 31.7. The van der Waals surface area contributed by atoms with Gasteiger partial charge in [0.25, 0.3) is 5.56 Å². The molecule has 6 aliphatic rings. The van der Waals surface area contributed by atoms with Crippen LogP contribution in [0.15, 0.2) is 53.3 Å². The first-order valence-corrected chi connectivity index (χ1v) is 21.2. The van der Waals surface area contributed by atoms with E-state index in [-0.39, 0.29) is 34.8 Å². The van der Waals surface area contributed by atoms with Gasteiger partial charge in [-0.05, 0) is 124 Å². The molecule has 1 atom stereocenters. The summed E-state index contributed by atoms with van der Waals surface area (Å²) in [5.74, 6) is -1.42. The molecule has 11 heteroatoms.